The quantitative estimate of drug-likeness (QED) is 0.428. The topological polar surface area (TPSA) is 110 Å². The standard InChI is InChI=1S/C19H23N7OS2/c20-6-7-21-19-24-16-15(17(25-19)26-8-10-29(27)11-9-26)22-13-23-18(16)28-12-14-4-2-1-3-5-14/h1-5,13H,6-12,20H2,(H,21,24,25). The lowest BCUT2D eigenvalue weighted by Crippen LogP contribution is -2.38. The first-order chi connectivity index (χ1) is 14.2. The Morgan fingerprint density at radius 1 is 1.10 bits per heavy atom. The Kier molecular flexibility index (Phi) is 6.53. The van der Waals surface area contributed by atoms with Crippen LogP contribution in [0.25, 0.3) is 11.0 Å². The van der Waals surface area contributed by atoms with Crippen LogP contribution in [0.4, 0.5) is 11.8 Å². The fourth-order valence-electron chi connectivity index (χ4n) is 3.08. The molecule has 3 aromatic rings. The van der Waals surface area contributed by atoms with Crippen molar-refractivity contribution in [3.05, 3.63) is 42.2 Å². The van der Waals surface area contributed by atoms with Crippen molar-refractivity contribution in [3.8, 4) is 0 Å². The van der Waals surface area contributed by atoms with Gasteiger partial charge in [-0.15, -0.1) is 0 Å². The molecule has 1 fully saturated rings. The van der Waals surface area contributed by atoms with Gasteiger partial charge in [-0.25, -0.2) is 15.0 Å². The van der Waals surface area contributed by atoms with Crippen molar-refractivity contribution in [2.45, 2.75) is 10.8 Å². The van der Waals surface area contributed by atoms with E-state index in [9.17, 15) is 4.21 Å². The second-order valence-electron chi connectivity index (χ2n) is 6.57. The SMILES string of the molecule is NCCNc1nc(N2CCS(=O)CC2)c2ncnc(SCc3ccccc3)c2n1. The molecule has 8 nitrogen and oxygen atoms in total. The molecule has 1 aliphatic rings. The van der Waals surface area contributed by atoms with Gasteiger partial charge in [-0.3, -0.25) is 4.21 Å². The van der Waals surface area contributed by atoms with E-state index < -0.39 is 10.8 Å². The Hall–Kier alpha value is -2.30. The molecule has 1 aromatic carbocycles. The van der Waals surface area contributed by atoms with E-state index in [2.05, 4.69) is 37.3 Å². The van der Waals surface area contributed by atoms with Crippen molar-refractivity contribution in [1.29, 1.82) is 0 Å². The van der Waals surface area contributed by atoms with Gasteiger partial charge in [0.2, 0.25) is 5.95 Å². The smallest absolute Gasteiger partial charge is 0.225 e. The Bertz CT molecular complexity index is 993. The molecule has 2 aromatic heterocycles. The summed E-state index contributed by atoms with van der Waals surface area (Å²) in [5.74, 6) is 3.34. The molecule has 29 heavy (non-hydrogen) atoms. The first-order valence-corrected chi connectivity index (χ1v) is 12.0. The van der Waals surface area contributed by atoms with E-state index in [1.807, 2.05) is 18.2 Å². The first-order valence-electron chi connectivity index (χ1n) is 9.48. The van der Waals surface area contributed by atoms with E-state index in [1.165, 1.54) is 5.56 Å². The molecule has 0 aliphatic carbocycles. The normalized spacial score (nSPS) is 15.0. The number of nitrogens with two attached hydrogens (primary N) is 1. The van der Waals surface area contributed by atoms with Crippen LogP contribution in [0.5, 0.6) is 0 Å². The molecule has 1 saturated heterocycles. The van der Waals surface area contributed by atoms with Crippen LogP contribution in [0, 0.1) is 0 Å². The zero-order valence-corrected chi connectivity index (χ0v) is 17.6. The first kappa shape index (κ1) is 20.0. The predicted molar refractivity (Wildman–Crippen MR) is 119 cm³/mol. The molecule has 152 valence electrons. The molecule has 0 amide bonds. The van der Waals surface area contributed by atoms with E-state index in [0.717, 1.165) is 27.6 Å². The Morgan fingerprint density at radius 3 is 2.66 bits per heavy atom. The lowest BCUT2D eigenvalue weighted by atomic mass is 10.2. The fraction of sp³-hybridized carbons (Fsp3) is 0.368. The van der Waals surface area contributed by atoms with Crippen LogP contribution >= 0.6 is 11.8 Å². The summed E-state index contributed by atoms with van der Waals surface area (Å²) in [6, 6.07) is 10.3. The van der Waals surface area contributed by atoms with Crippen LogP contribution in [-0.4, -0.2) is 61.8 Å². The summed E-state index contributed by atoms with van der Waals surface area (Å²) in [4.78, 5) is 20.5. The van der Waals surface area contributed by atoms with Gasteiger partial charge in [-0.05, 0) is 5.56 Å². The summed E-state index contributed by atoms with van der Waals surface area (Å²) in [7, 11) is -0.761. The van der Waals surface area contributed by atoms with Crippen molar-refractivity contribution in [3.63, 3.8) is 0 Å². The lowest BCUT2D eigenvalue weighted by Gasteiger charge is -2.28. The molecule has 3 N–H and O–H groups in total. The molecule has 0 atom stereocenters. The highest BCUT2D eigenvalue weighted by Crippen LogP contribution is 2.31. The monoisotopic (exact) mass is 429 g/mol. The zero-order valence-electron chi connectivity index (χ0n) is 16.0. The van der Waals surface area contributed by atoms with Crippen LogP contribution in [0.2, 0.25) is 0 Å². The molecule has 0 saturated carbocycles. The summed E-state index contributed by atoms with van der Waals surface area (Å²) in [5, 5.41) is 4.00. The molecule has 0 radical (unpaired) electrons. The third-order valence-corrected chi connectivity index (χ3v) is 6.88. The maximum atomic E-state index is 11.8. The number of rotatable bonds is 7. The molecular weight excluding hydrogens is 406 g/mol. The molecule has 0 unspecified atom stereocenters. The number of hydrogen-bond acceptors (Lipinski definition) is 9. The number of hydrogen-bond donors (Lipinski definition) is 2. The fourth-order valence-corrected chi connectivity index (χ4v) is 5.02. The Balaban J connectivity index is 1.70. The van der Waals surface area contributed by atoms with Crippen molar-refractivity contribution in [1.82, 2.24) is 19.9 Å². The number of nitrogens with zero attached hydrogens (tertiary/aromatic N) is 5. The summed E-state index contributed by atoms with van der Waals surface area (Å²) >= 11 is 1.63. The average Bonchev–Trinajstić information content (AvgIpc) is 2.77. The van der Waals surface area contributed by atoms with Crippen LogP contribution in [0.3, 0.4) is 0 Å². The van der Waals surface area contributed by atoms with Crippen molar-refractivity contribution >= 4 is 45.4 Å². The van der Waals surface area contributed by atoms with Crippen LogP contribution in [0.15, 0.2) is 41.7 Å². The molecule has 3 heterocycles. The lowest BCUT2D eigenvalue weighted by molar-refractivity contribution is 0.672. The number of aromatic nitrogens is 4. The van der Waals surface area contributed by atoms with Gasteiger partial charge in [0, 0.05) is 54.2 Å². The minimum atomic E-state index is -0.761. The van der Waals surface area contributed by atoms with Crippen molar-refractivity contribution in [2.75, 3.05) is 47.9 Å². The predicted octanol–water partition coefficient (Wildman–Crippen LogP) is 1.65. The minimum absolute atomic E-state index is 0.486. The number of nitrogens with one attached hydrogen (secondary N) is 1. The Morgan fingerprint density at radius 2 is 1.90 bits per heavy atom. The number of anilines is 2. The van der Waals surface area contributed by atoms with Gasteiger partial charge in [0.25, 0.3) is 0 Å². The van der Waals surface area contributed by atoms with Crippen LogP contribution < -0.4 is 16.0 Å². The highest BCUT2D eigenvalue weighted by molar-refractivity contribution is 7.98. The highest BCUT2D eigenvalue weighted by atomic mass is 32.2. The van der Waals surface area contributed by atoms with E-state index in [1.54, 1.807) is 18.1 Å². The van der Waals surface area contributed by atoms with Gasteiger partial charge in [0.15, 0.2) is 5.82 Å². The van der Waals surface area contributed by atoms with Gasteiger partial charge < -0.3 is 16.0 Å². The van der Waals surface area contributed by atoms with E-state index in [0.29, 0.717) is 43.6 Å². The molecule has 0 spiro atoms. The maximum Gasteiger partial charge on any atom is 0.225 e. The van der Waals surface area contributed by atoms with Gasteiger partial charge in [-0.2, -0.15) is 4.98 Å². The van der Waals surface area contributed by atoms with Crippen LogP contribution in [-0.2, 0) is 16.6 Å². The van der Waals surface area contributed by atoms with E-state index in [-0.39, 0.29) is 0 Å². The summed E-state index contributed by atoms with van der Waals surface area (Å²) in [6.45, 7) is 2.44. The third-order valence-electron chi connectivity index (χ3n) is 4.55. The third kappa shape index (κ3) is 4.82. The van der Waals surface area contributed by atoms with Crippen molar-refractivity contribution in [2.24, 2.45) is 5.73 Å². The van der Waals surface area contributed by atoms with Gasteiger partial charge in [0.05, 0.1) is 0 Å². The molecule has 1 aliphatic heterocycles. The molecule has 10 heteroatoms. The minimum Gasteiger partial charge on any atom is -0.353 e. The van der Waals surface area contributed by atoms with Gasteiger partial charge >= 0.3 is 0 Å². The van der Waals surface area contributed by atoms with Crippen molar-refractivity contribution < 1.29 is 4.21 Å². The summed E-state index contributed by atoms with van der Waals surface area (Å²) in [6.07, 6.45) is 1.57. The van der Waals surface area contributed by atoms with E-state index in [4.69, 9.17) is 10.7 Å². The number of fused-ring (bicyclic) bond motifs is 1. The molecule has 0 bridgehead atoms. The largest absolute Gasteiger partial charge is 0.353 e. The zero-order chi connectivity index (χ0) is 20.1. The molecular formula is C19H23N7OS2. The summed E-state index contributed by atoms with van der Waals surface area (Å²) in [5.41, 5.74) is 8.31. The number of benzene rings is 1. The second kappa shape index (κ2) is 9.47. The number of thioether (sulfide) groups is 1. The maximum absolute atomic E-state index is 11.8. The highest BCUT2D eigenvalue weighted by Gasteiger charge is 2.22. The molecule has 4 rings (SSSR count). The Labute approximate surface area is 176 Å². The van der Waals surface area contributed by atoms with Gasteiger partial charge in [0.1, 0.15) is 22.4 Å². The second-order valence-corrected chi connectivity index (χ2v) is 9.23. The van der Waals surface area contributed by atoms with Gasteiger partial charge in [-0.1, -0.05) is 42.1 Å². The van der Waals surface area contributed by atoms with E-state index >= 15 is 0 Å². The summed E-state index contributed by atoms with van der Waals surface area (Å²) < 4.78 is 11.8. The average molecular weight is 430 g/mol. The van der Waals surface area contributed by atoms with Crippen LogP contribution in [0.1, 0.15) is 5.56 Å².